The summed E-state index contributed by atoms with van der Waals surface area (Å²) >= 11 is 0. The van der Waals surface area contributed by atoms with Gasteiger partial charge in [0.05, 0.1) is 23.3 Å². The molecule has 2 aliphatic rings. The summed E-state index contributed by atoms with van der Waals surface area (Å²) in [5.74, 6) is -0.970. The first-order valence-corrected chi connectivity index (χ1v) is 6.12. The normalized spacial score (nSPS) is 28.0. The molecule has 1 saturated heterocycles. The molecule has 1 fully saturated rings. The number of rotatable bonds is 2. The summed E-state index contributed by atoms with van der Waals surface area (Å²) in [6, 6.07) is 0.346. The highest BCUT2D eigenvalue weighted by molar-refractivity contribution is 5.70. The summed E-state index contributed by atoms with van der Waals surface area (Å²) in [4.78, 5) is 11.1. The number of carboxylic acids is 1. The summed E-state index contributed by atoms with van der Waals surface area (Å²) in [5.41, 5.74) is 2.03. The highest BCUT2D eigenvalue weighted by atomic mass is 16.4. The standard InChI is InChI=1S/C11H16N4O2/c16-11(17)7-1-2-9-10(5-7)15(14-13-9)8-3-4-12-6-8/h7-8,12H,1-6H2,(H,16,17)/t7-,8+/m0/s1. The molecule has 1 aromatic heterocycles. The van der Waals surface area contributed by atoms with E-state index in [-0.39, 0.29) is 5.92 Å². The molecule has 0 bridgehead atoms. The Morgan fingerprint density at radius 3 is 3.06 bits per heavy atom. The first kappa shape index (κ1) is 10.7. The molecule has 92 valence electrons. The number of aromatic nitrogens is 3. The minimum absolute atomic E-state index is 0.269. The van der Waals surface area contributed by atoms with Gasteiger partial charge >= 0.3 is 5.97 Å². The third-order valence-electron chi connectivity index (χ3n) is 3.77. The molecular formula is C11H16N4O2. The van der Waals surface area contributed by atoms with Crippen LogP contribution in [0, 0.1) is 5.92 Å². The molecule has 0 unspecified atom stereocenters. The zero-order valence-electron chi connectivity index (χ0n) is 9.59. The predicted octanol–water partition coefficient (Wildman–Crippen LogP) is 0.00200. The Balaban J connectivity index is 1.88. The van der Waals surface area contributed by atoms with Crippen LogP contribution in [0.15, 0.2) is 0 Å². The number of carbonyl (C=O) groups is 1. The van der Waals surface area contributed by atoms with E-state index >= 15 is 0 Å². The van der Waals surface area contributed by atoms with Crippen molar-refractivity contribution in [1.29, 1.82) is 0 Å². The van der Waals surface area contributed by atoms with Crippen LogP contribution in [-0.4, -0.2) is 39.2 Å². The summed E-state index contributed by atoms with van der Waals surface area (Å²) < 4.78 is 1.95. The molecular weight excluding hydrogens is 220 g/mol. The second kappa shape index (κ2) is 4.10. The third-order valence-corrected chi connectivity index (χ3v) is 3.77. The lowest BCUT2D eigenvalue weighted by molar-refractivity contribution is -0.142. The summed E-state index contributed by atoms with van der Waals surface area (Å²) in [6.45, 7) is 1.91. The monoisotopic (exact) mass is 236 g/mol. The second-order valence-corrected chi connectivity index (χ2v) is 4.85. The lowest BCUT2D eigenvalue weighted by atomic mass is 9.89. The maximum atomic E-state index is 11.1. The summed E-state index contributed by atoms with van der Waals surface area (Å²) in [6.07, 6.45) is 3.05. The SMILES string of the molecule is O=C(O)[C@H]1CCc2nnn([C@@H]3CCNC3)c2C1. The second-order valence-electron chi connectivity index (χ2n) is 4.85. The van der Waals surface area contributed by atoms with Crippen molar-refractivity contribution in [2.24, 2.45) is 5.92 Å². The first-order chi connectivity index (χ1) is 8.25. The van der Waals surface area contributed by atoms with Crippen molar-refractivity contribution in [3.8, 4) is 0 Å². The first-order valence-electron chi connectivity index (χ1n) is 6.12. The van der Waals surface area contributed by atoms with Crippen LogP contribution in [0.3, 0.4) is 0 Å². The molecule has 0 amide bonds. The van der Waals surface area contributed by atoms with E-state index in [4.69, 9.17) is 5.11 Å². The van der Waals surface area contributed by atoms with E-state index in [9.17, 15) is 4.79 Å². The number of hydrogen-bond donors (Lipinski definition) is 2. The van der Waals surface area contributed by atoms with Gasteiger partial charge in [-0.15, -0.1) is 5.10 Å². The molecule has 2 heterocycles. The van der Waals surface area contributed by atoms with Crippen LogP contribution in [-0.2, 0) is 17.6 Å². The van der Waals surface area contributed by atoms with Crippen molar-refractivity contribution in [1.82, 2.24) is 20.3 Å². The summed E-state index contributed by atoms with van der Waals surface area (Å²) in [7, 11) is 0. The lowest BCUT2D eigenvalue weighted by Gasteiger charge is -2.20. The third kappa shape index (κ3) is 1.82. The Hall–Kier alpha value is -1.43. The van der Waals surface area contributed by atoms with Crippen molar-refractivity contribution in [3.63, 3.8) is 0 Å². The fourth-order valence-electron chi connectivity index (χ4n) is 2.75. The highest BCUT2D eigenvalue weighted by Crippen LogP contribution is 2.27. The van der Waals surface area contributed by atoms with Crippen LogP contribution < -0.4 is 5.32 Å². The minimum atomic E-state index is -0.701. The van der Waals surface area contributed by atoms with E-state index in [1.165, 1.54) is 0 Å². The maximum Gasteiger partial charge on any atom is 0.306 e. The maximum absolute atomic E-state index is 11.1. The number of fused-ring (bicyclic) bond motifs is 1. The quantitative estimate of drug-likeness (QED) is 0.755. The van der Waals surface area contributed by atoms with E-state index in [1.807, 2.05) is 4.68 Å². The topological polar surface area (TPSA) is 80.0 Å². The Morgan fingerprint density at radius 2 is 2.35 bits per heavy atom. The predicted molar refractivity (Wildman–Crippen MR) is 59.7 cm³/mol. The van der Waals surface area contributed by atoms with E-state index in [2.05, 4.69) is 15.6 Å². The minimum Gasteiger partial charge on any atom is -0.481 e. The Kier molecular flexibility index (Phi) is 2.58. The largest absolute Gasteiger partial charge is 0.481 e. The van der Waals surface area contributed by atoms with Crippen LogP contribution >= 0.6 is 0 Å². The number of carboxylic acid groups (broad SMARTS) is 1. The molecule has 6 nitrogen and oxygen atoms in total. The Labute approximate surface area is 99.0 Å². The van der Waals surface area contributed by atoms with Gasteiger partial charge in [-0.1, -0.05) is 5.21 Å². The molecule has 1 aromatic rings. The molecule has 2 atom stereocenters. The molecule has 3 rings (SSSR count). The smallest absolute Gasteiger partial charge is 0.306 e. The molecule has 6 heteroatoms. The van der Waals surface area contributed by atoms with Gasteiger partial charge in [0.15, 0.2) is 0 Å². The van der Waals surface area contributed by atoms with Gasteiger partial charge in [0.1, 0.15) is 0 Å². The number of aryl methyl sites for hydroxylation is 1. The molecule has 0 radical (unpaired) electrons. The van der Waals surface area contributed by atoms with Gasteiger partial charge in [0.25, 0.3) is 0 Å². The van der Waals surface area contributed by atoms with E-state index in [1.54, 1.807) is 0 Å². The number of hydrogen-bond acceptors (Lipinski definition) is 4. The highest BCUT2D eigenvalue weighted by Gasteiger charge is 2.31. The van der Waals surface area contributed by atoms with Crippen LogP contribution in [0.5, 0.6) is 0 Å². The van der Waals surface area contributed by atoms with Crippen molar-refractivity contribution >= 4 is 5.97 Å². The van der Waals surface area contributed by atoms with Crippen LogP contribution in [0.25, 0.3) is 0 Å². The van der Waals surface area contributed by atoms with Crippen LogP contribution in [0.1, 0.15) is 30.3 Å². The Bertz CT molecular complexity index is 437. The van der Waals surface area contributed by atoms with Crippen molar-refractivity contribution in [2.45, 2.75) is 31.7 Å². The van der Waals surface area contributed by atoms with Gasteiger partial charge in [0, 0.05) is 13.0 Å². The van der Waals surface area contributed by atoms with Crippen LogP contribution in [0.2, 0.25) is 0 Å². The zero-order valence-corrected chi connectivity index (χ0v) is 9.59. The number of nitrogens with one attached hydrogen (secondary N) is 1. The van der Waals surface area contributed by atoms with Gasteiger partial charge in [-0.25, -0.2) is 4.68 Å². The Morgan fingerprint density at radius 1 is 1.47 bits per heavy atom. The zero-order chi connectivity index (χ0) is 11.8. The molecule has 0 spiro atoms. The number of nitrogens with zero attached hydrogens (tertiary/aromatic N) is 3. The van der Waals surface area contributed by atoms with Gasteiger partial charge in [-0.05, 0) is 25.8 Å². The fraction of sp³-hybridized carbons (Fsp3) is 0.727. The lowest BCUT2D eigenvalue weighted by Crippen LogP contribution is -2.25. The van der Waals surface area contributed by atoms with E-state index in [0.717, 1.165) is 37.3 Å². The fourth-order valence-corrected chi connectivity index (χ4v) is 2.75. The molecule has 2 N–H and O–H groups in total. The van der Waals surface area contributed by atoms with E-state index in [0.29, 0.717) is 18.9 Å². The average Bonchev–Trinajstić information content (AvgIpc) is 2.96. The molecule has 1 aliphatic carbocycles. The van der Waals surface area contributed by atoms with Crippen LogP contribution in [0.4, 0.5) is 0 Å². The van der Waals surface area contributed by atoms with E-state index < -0.39 is 5.97 Å². The van der Waals surface area contributed by atoms with Gasteiger partial charge in [0.2, 0.25) is 0 Å². The van der Waals surface area contributed by atoms with Crippen molar-refractivity contribution in [3.05, 3.63) is 11.4 Å². The number of aliphatic carboxylic acids is 1. The molecule has 0 aromatic carbocycles. The van der Waals surface area contributed by atoms with Crippen molar-refractivity contribution < 1.29 is 9.90 Å². The summed E-state index contributed by atoms with van der Waals surface area (Å²) in [5, 5.41) is 20.8. The van der Waals surface area contributed by atoms with Crippen molar-refractivity contribution in [2.75, 3.05) is 13.1 Å². The average molecular weight is 236 g/mol. The molecule has 1 aliphatic heterocycles. The molecule has 17 heavy (non-hydrogen) atoms. The molecule has 0 saturated carbocycles. The van der Waals surface area contributed by atoms with Gasteiger partial charge in [-0.3, -0.25) is 4.79 Å². The van der Waals surface area contributed by atoms with Gasteiger partial charge in [-0.2, -0.15) is 0 Å². The van der Waals surface area contributed by atoms with Gasteiger partial charge < -0.3 is 10.4 Å².